The summed E-state index contributed by atoms with van der Waals surface area (Å²) in [6.45, 7) is 0. The van der Waals surface area contributed by atoms with E-state index in [9.17, 15) is 14.5 Å². The maximum absolute atomic E-state index is 12.9. The van der Waals surface area contributed by atoms with Crippen LogP contribution < -0.4 is 16.0 Å². The molecular weight excluding hydrogens is 293 g/mol. The molecule has 0 atom stereocenters. The van der Waals surface area contributed by atoms with Crippen LogP contribution >= 0.6 is 11.6 Å². The first-order valence-corrected chi connectivity index (χ1v) is 5.49. The van der Waals surface area contributed by atoms with Crippen molar-refractivity contribution in [1.82, 2.24) is 9.97 Å². The van der Waals surface area contributed by atoms with E-state index < -0.39 is 16.4 Å². The summed E-state index contributed by atoms with van der Waals surface area (Å²) in [5.41, 5.74) is 1.50. The van der Waals surface area contributed by atoms with Gasteiger partial charge in [0.25, 0.3) is 0 Å². The average molecular weight is 300 g/mol. The van der Waals surface area contributed by atoms with Gasteiger partial charge in [0.15, 0.2) is 0 Å². The van der Waals surface area contributed by atoms with Crippen molar-refractivity contribution in [1.29, 1.82) is 0 Å². The number of halogens is 2. The highest BCUT2D eigenvalue weighted by atomic mass is 35.5. The number of ether oxygens (including phenoxy) is 1. The van der Waals surface area contributed by atoms with Gasteiger partial charge in [-0.25, -0.2) is 15.2 Å². The number of nitrogens with zero attached hydrogens (tertiary/aromatic N) is 3. The lowest BCUT2D eigenvalue weighted by Crippen LogP contribution is -2.12. The fourth-order valence-electron chi connectivity index (χ4n) is 1.37. The Kier molecular flexibility index (Phi) is 3.91. The molecule has 0 unspecified atom stereocenters. The van der Waals surface area contributed by atoms with Gasteiger partial charge in [-0.2, -0.15) is 4.98 Å². The number of nitro groups is 1. The Labute approximate surface area is 116 Å². The van der Waals surface area contributed by atoms with Gasteiger partial charge in [0, 0.05) is 0 Å². The summed E-state index contributed by atoms with van der Waals surface area (Å²) < 4.78 is 18.1. The number of benzene rings is 1. The molecule has 0 amide bonds. The van der Waals surface area contributed by atoms with Crippen LogP contribution in [0.25, 0.3) is 0 Å². The van der Waals surface area contributed by atoms with Crippen LogP contribution in [0.15, 0.2) is 24.5 Å². The summed E-state index contributed by atoms with van der Waals surface area (Å²) in [4.78, 5) is 17.5. The third-order valence-corrected chi connectivity index (χ3v) is 2.50. The summed E-state index contributed by atoms with van der Waals surface area (Å²) in [7, 11) is 0. The predicted octanol–water partition coefficient (Wildman–Crippen LogP) is 2.26. The lowest BCUT2D eigenvalue weighted by atomic mass is 10.3. The van der Waals surface area contributed by atoms with E-state index in [0.717, 1.165) is 18.5 Å². The maximum Gasteiger partial charge on any atom is 0.374 e. The van der Waals surface area contributed by atoms with E-state index in [0.29, 0.717) is 0 Å². The van der Waals surface area contributed by atoms with E-state index in [-0.39, 0.29) is 22.5 Å². The Hall–Kier alpha value is -2.52. The molecule has 0 aliphatic rings. The number of hydrogen-bond acceptors (Lipinski definition) is 7. The summed E-state index contributed by atoms with van der Waals surface area (Å²) in [5.74, 6) is 3.98. The van der Waals surface area contributed by atoms with Crippen LogP contribution in [-0.4, -0.2) is 14.9 Å². The maximum atomic E-state index is 12.9. The summed E-state index contributed by atoms with van der Waals surface area (Å²) >= 11 is 5.77. The SMILES string of the molecule is NNc1ncnc(Oc2ccc(F)cc2Cl)c1[N+](=O)[O-]. The van der Waals surface area contributed by atoms with Gasteiger partial charge in [0.05, 0.1) is 9.95 Å². The molecule has 10 heteroatoms. The van der Waals surface area contributed by atoms with Gasteiger partial charge >= 0.3 is 11.6 Å². The average Bonchev–Trinajstić information content (AvgIpc) is 2.41. The largest absolute Gasteiger partial charge is 0.432 e. The molecule has 0 radical (unpaired) electrons. The van der Waals surface area contributed by atoms with Crippen LogP contribution in [0.1, 0.15) is 0 Å². The van der Waals surface area contributed by atoms with E-state index in [4.69, 9.17) is 22.2 Å². The minimum atomic E-state index is -0.762. The number of anilines is 1. The molecule has 0 aliphatic heterocycles. The normalized spacial score (nSPS) is 10.2. The molecule has 2 aromatic rings. The van der Waals surface area contributed by atoms with Crippen LogP contribution in [0.2, 0.25) is 5.02 Å². The second-order valence-electron chi connectivity index (χ2n) is 3.45. The van der Waals surface area contributed by atoms with Crippen molar-refractivity contribution in [3.8, 4) is 11.6 Å². The van der Waals surface area contributed by atoms with Crippen molar-refractivity contribution in [2.45, 2.75) is 0 Å². The zero-order chi connectivity index (χ0) is 14.7. The molecule has 0 saturated carbocycles. The summed E-state index contributed by atoms with van der Waals surface area (Å²) in [6, 6.07) is 3.32. The molecule has 1 heterocycles. The van der Waals surface area contributed by atoms with Crippen molar-refractivity contribution in [3.63, 3.8) is 0 Å². The van der Waals surface area contributed by atoms with Gasteiger partial charge in [-0.3, -0.25) is 10.1 Å². The fourth-order valence-corrected chi connectivity index (χ4v) is 1.58. The Morgan fingerprint density at radius 2 is 2.20 bits per heavy atom. The summed E-state index contributed by atoms with van der Waals surface area (Å²) in [6.07, 6.45) is 1.02. The monoisotopic (exact) mass is 299 g/mol. The van der Waals surface area contributed by atoms with Crippen LogP contribution in [0.4, 0.5) is 15.9 Å². The van der Waals surface area contributed by atoms with Crippen LogP contribution in [0, 0.1) is 15.9 Å². The van der Waals surface area contributed by atoms with E-state index >= 15 is 0 Å². The van der Waals surface area contributed by atoms with Crippen molar-refractivity contribution < 1.29 is 14.1 Å². The molecule has 0 fully saturated rings. The quantitative estimate of drug-likeness (QED) is 0.505. The molecule has 0 spiro atoms. The van der Waals surface area contributed by atoms with E-state index in [1.807, 2.05) is 0 Å². The number of rotatable bonds is 4. The topological polar surface area (TPSA) is 116 Å². The molecule has 0 bridgehead atoms. The molecule has 3 N–H and O–H groups in total. The van der Waals surface area contributed by atoms with Gasteiger partial charge < -0.3 is 10.2 Å². The van der Waals surface area contributed by atoms with Crippen LogP contribution in [0.3, 0.4) is 0 Å². The van der Waals surface area contributed by atoms with Crippen molar-refractivity contribution in [2.75, 3.05) is 5.43 Å². The van der Waals surface area contributed by atoms with E-state index in [1.54, 1.807) is 0 Å². The van der Waals surface area contributed by atoms with E-state index in [1.165, 1.54) is 6.07 Å². The number of nitrogens with one attached hydrogen (secondary N) is 1. The standard InChI is InChI=1S/C10H7ClFN5O3/c11-6-3-5(12)1-2-7(6)20-10-8(17(18)19)9(16-13)14-4-15-10/h1-4H,13H2,(H,14,15,16). The van der Waals surface area contributed by atoms with Gasteiger partial charge in [-0.15, -0.1) is 0 Å². The Morgan fingerprint density at radius 3 is 2.80 bits per heavy atom. The molecule has 2 rings (SSSR count). The first-order chi connectivity index (χ1) is 9.52. The van der Waals surface area contributed by atoms with Gasteiger partial charge in [-0.05, 0) is 18.2 Å². The van der Waals surface area contributed by atoms with Crippen LogP contribution in [-0.2, 0) is 0 Å². The summed E-state index contributed by atoms with van der Waals surface area (Å²) in [5, 5.41) is 10.9. The Morgan fingerprint density at radius 1 is 1.45 bits per heavy atom. The highest BCUT2D eigenvalue weighted by Gasteiger charge is 2.25. The first kappa shape index (κ1) is 13.9. The zero-order valence-electron chi connectivity index (χ0n) is 9.71. The third kappa shape index (κ3) is 2.73. The number of hydrazine groups is 1. The number of aromatic nitrogens is 2. The number of nitrogens with two attached hydrogens (primary N) is 1. The van der Waals surface area contributed by atoms with E-state index in [2.05, 4.69) is 15.4 Å². The van der Waals surface area contributed by atoms with Gasteiger partial charge in [0.1, 0.15) is 17.9 Å². The lowest BCUT2D eigenvalue weighted by molar-refractivity contribution is -0.385. The molecule has 0 aliphatic carbocycles. The molecule has 8 nitrogen and oxygen atoms in total. The highest BCUT2D eigenvalue weighted by Crippen LogP contribution is 2.36. The van der Waals surface area contributed by atoms with Crippen molar-refractivity contribution in [2.24, 2.45) is 5.84 Å². The highest BCUT2D eigenvalue weighted by molar-refractivity contribution is 6.32. The minimum absolute atomic E-state index is 0.0119. The Balaban J connectivity index is 2.45. The van der Waals surface area contributed by atoms with Gasteiger partial charge in [-0.1, -0.05) is 11.6 Å². The minimum Gasteiger partial charge on any atom is -0.432 e. The second-order valence-corrected chi connectivity index (χ2v) is 3.86. The zero-order valence-corrected chi connectivity index (χ0v) is 10.5. The van der Waals surface area contributed by atoms with Crippen molar-refractivity contribution >= 4 is 23.1 Å². The van der Waals surface area contributed by atoms with Crippen molar-refractivity contribution in [3.05, 3.63) is 45.5 Å². The smallest absolute Gasteiger partial charge is 0.374 e. The van der Waals surface area contributed by atoms with Gasteiger partial charge in [0.2, 0.25) is 5.82 Å². The molecular formula is C10H7ClFN5O3. The molecule has 104 valence electrons. The predicted molar refractivity (Wildman–Crippen MR) is 68.0 cm³/mol. The van der Waals surface area contributed by atoms with Crippen LogP contribution in [0.5, 0.6) is 11.6 Å². The first-order valence-electron chi connectivity index (χ1n) is 5.12. The fraction of sp³-hybridized carbons (Fsp3) is 0. The number of hydrogen-bond donors (Lipinski definition) is 2. The lowest BCUT2D eigenvalue weighted by Gasteiger charge is -2.08. The molecule has 1 aromatic heterocycles. The number of nitrogen functional groups attached to an aromatic ring is 1. The molecule has 1 aromatic carbocycles. The Bertz CT molecular complexity index is 669. The second kappa shape index (κ2) is 5.63. The third-order valence-electron chi connectivity index (χ3n) is 2.21. The molecule has 0 saturated heterocycles. The molecule has 20 heavy (non-hydrogen) atoms.